The lowest BCUT2D eigenvalue weighted by molar-refractivity contribution is 0.0545. The molecule has 3 atom stereocenters. The Bertz CT molecular complexity index is 862. The zero-order chi connectivity index (χ0) is 20.6. The summed E-state index contributed by atoms with van der Waals surface area (Å²) in [4.78, 5) is 7.33. The van der Waals surface area contributed by atoms with Crippen molar-refractivity contribution in [1.82, 2.24) is 20.1 Å². The van der Waals surface area contributed by atoms with Crippen LogP contribution in [0.3, 0.4) is 0 Å². The number of likely N-dealkylation sites (tertiary alicyclic amines) is 1. The average Bonchev–Trinajstić information content (AvgIpc) is 3.50. The van der Waals surface area contributed by atoms with E-state index in [2.05, 4.69) is 49.7 Å². The Morgan fingerprint density at radius 2 is 1.74 bits per heavy atom. The average molecular weight is 420 g/mol. The third kappa shape index (κ3) is 4.46. The molecule has 6 heteroatoms. The number of nitrogens with one attached hydrogen (secondary N) is 1. The van der Waals surface area contributed by atoms with E-state index in [4.69, 9.17) is 4.74 Å². The van der Waals surface area contributed by atoms with Crippen LogP contribution in [0.2, 0.25) is 0 Å². The second kappa shape index (κ2) is 8.47. The molecule has 0 unspecified atom stereocenters. The van der Waals surface area contributed by atoms with Gasteiger partial charge in [-0.05, 0) is 80.5 Å². The normalized spacial score (nSPS) is 29.2. The minimum atomic E-state index is 0.528. The number of rotatable bonds is 6. The van der Waals surface area contributed by atoms with Gasteiger partial charge >= 0.3 is 0 Å². The zero-order valence-corrected chi connectivity index (χ0v) is 18.2. The predicted octanol–water partition coefficient (Wildman–Crippen LogP) is 3.96. The van der Waals surface area contributed by atoms with E-state index in [1.165, 1.54) is 63.9 Å². The van der Waals surface area contributed by atoms with Crippen LogP contribution in [0.15, 0.2) is 30.5 Å². The van der Waals surface area contributed by atoms with Crippen molar-refractivity contribution in [2.24, 2.45) is 17.8 Å². The predicted molar refractivity (Wildman–Crippen MR) is 121 cm³/mol. The van der Waals surface area contributed by atoms with Crippen LogP contribution < -0.4 is 5.32 Å². The van der Waals surface area contributed by atoms with E-state index >= 15 is 0 Å². The quantitative estimate of drug-likeness (QED) is 0.765. The molecule has 2 aliphatic carbocycles. The first-order valence-corrected chi connectivity index (χ1v) is 12.2. The molecular formula is C25H33N5O. The lowest BCUT2D eigenvalue weighted by atomic mass is 10.00. The molecule has 0 amide bonds. The van der Waals surface area contributed by atoms with Crippen molar-refractivity contribution in [2.75, 3.05) is 38.2 Å². The molecular weight excluding hydrogens is 386 g/mol. The largest absolute Gasteiger partial charge is 0.381 e. The first-order valence-electron chi connectivity index (χ1n) is 12.2. The molecule has 1 N–H and O–H groups in total. The molecule has 0 spiro atoms. The van der Waals surface area contributed by atoms with E-state index in [0.717, 1.165) is 48.0 Å². The van der Waals surface area contributed by atoms with Crippen LogP contribution in [-0.4, -0.2) is 59.0 Å². The summed E-state index contributed by atoms with van der Waals surface area (Å²) < 4.78 is 5.52. The summed E-state index contributed by atoms with van der Waals surface area (Å²) >= 11 is 0. The molecule has 31 heavy (non-hydrogen) atoms. The molecule has 6 rings (SSSR count). The SMILES string of the molecule is c1cc(C2CC2)ncc1-c1ccc(N[C@H]2C[C@@H]3CN(CC4CCOCC4)C[C@@H]3C2)nn1. The monoisotopic (exact) mass is 419 g/mol. The van der Waals surface area contributed by atoms with Gasteiger partial charge in [0.1, 0.15) is 5.82 Å². The second-order valence-corrected chi connectivity index (χ2v) is 10.2. The van der Waals surface area contributed by atoms with Crippen molar-refractivity contribution in [3.8, 4) is 11.3 Å². The highest BCUT2D eigenvalue weighted by molar-refractivity contribution is 5.58. The van der Waals surface area contributed by atoms with Gasteiger partial charge in [0.15, 0.2) is 0 Å². The maximum Gasteiger partial charge on any atom is 0.148 e. The molecule has 0 radical (unpaired) electrons. The van der Waals surface area contributed by atoms with Crippen LogP contribution in [0.5, 0.6) is 0 Å². The fourth-order valence-electron chi connectivity index (χ4n) is 5.91. The van der Waals surface area contributed by atoms with Gasteiger partial charge < -0.3 is 15.0 Å². The van der Waals surface area contributed by atoms with E-state index in [1.807, 2.05) is 6.20 Å². The highest BCUT2D eigenvalue weighted by Gasteiger charge is 2.41. The van der Waals surface area contributed by atoms with Gasteiger partial charge in [-0.1, -0.05) is 0 Å². The van der Waals surface area contributed by atoms with E-state index in [0.29, 0.717) is 12.0 Å². The molecule has 0 aromatic carbocycles. The number of anilines is 1. The van der Waals surface area contributed by atoms with E-state index in [9.17, 15) is 0 Å². The molecule has 2 saturated heterocycles. The Balaban J connectivity index is 1.00. The van der Waals surface area contributed by atoms with Crippen molar-refractivity contribution in [3.63, 3.8) is 0 Å². The smallest absolute Gasteiger partial charge is 0.148 e. The summed E-state index contributed by atoms with van der Waals surface area (Å²) in [7, 11) is 0. The molecule has 4 aliphatic rings. The molecule has 0 bridgehead atoms. The molecule has 4 fully saturated rings. The van der Waals surface area contributed by atoms with Crippen LogP contribution in [-0.2, 0) is 4.74 Å². The summed E-state index contributed by atoms with van der Waals surface area (Å²) in [5.41, 5.74) is 3.16. The second-order valence-electron chi connectivity index (χ2n) is 10.2. The fraction of sp³-hybridized carbons (Fsp3) is 0.640. The molecule has 6 nitrogen and oxygen atoms in total. The van der Waals surface area contributed by atoms with Gasteiger partial charge in [0.25, 0.3) is 0 Å². The van der Waals surface area contributed by atoms with Crippen molar-refractivity contribution in [1.29, 1.82) is 0 Å². The van der Waals surface area contributed by atoms with E-state index in [-0.39, 0.29) is 0 Å². The number of nitrogens with zero attached hydrogens (tertiary/aromatic N) is 4. The molecule has 2 saturated carbocycles. The Labute approximate surface area is 184 Å². The van der Waals surface area contributed by atoms with Gasteiger partial charge in [-0.3, -0.25) is 4.98 Å². The van der Waals surface area contributed by atoms with Gasteiger partial charge in [-0.2, -0.15) is 0 Å². The highest BCUT2D eigenvalue weighted by Crippen LogP contribution is 2.40. The Morgan fingerprint density at radius 3 is 2.39 bits per heavy atom. The van der Waals surface area contributed by atoms with Crippen LogP contribution >= 0.6 is 0 Å². The lowest BCUT2D eigenvalue weighted by Gasteiger charge is -2.27. The number of hydrogen-bond acceptors (Lipinski definition) is 6. The first-order chi connectivity index (χ1) is 15.3. The Morgan fingerprint density at radius 1 is 0.935 bits per heavy atom. The van der Waals surface area contributed by atoms with Crippen molar-refractivity contribution < 1.29 is 4.74 Å². The minimum absolute atomic E-state index is 0.528. The molecule has 2 aromatic heterocycles. The van der Waals surface area contributed by atoms with Crippen molar-refractivity contribution in [3.05, 3.63) is 36.2 Å². The van der Waals surface area contributed by atoms with Gasteiger partial charge in [-0.25, -0.2) is 0 Å². The van der Waals surface area contributed by atoms with E-state index < -0.39 is 0 Å². The fourth-order valence-corrected chi connectivity index (χ4v) is 5.91. The lowest BCUT2D eigenvalue weighted by Crippen LogP contribution is -2.32. The van der Waals surface area contributed by atoms with Gasteiger partial charge in [0, 0.05) is 62.3 Å². The van der Waals surface area contributed by atoms with Crippen molar-refractivity contribution in [2.45, 2.75) is 50.5 Å². The number of aromatic nitrogens is 3. The third-order valence-electron chi connectivity index (χ3n) is 7.78. The van der Waals surface area contributed by atoms with E-state index in [1.54, 1.807) is 0 Å². The van der Waals surface area contributed by atoms with Crippen molar-refractivity contribution >= 4 is 5.82 Å². The van der Waals surface area contributed by atoms with Crippen LogP contribution in [0.4, 0.5) is 5.82 Å². The highest BCUT2D eigenvalue weighted by atomic mass is 16.5. The molecule has 4 heterocycles. The number of hydrogen-bond donors (Lipinski definition) is 1. The summed E-state index contributed by atoms with van der Waals surface area (Å²) in [6.45, 7) is 5.74. The first kappa shape index (κ1) is 19.6. The summed E-state index contributed by atoms with van der Waals surface area (Å²) in [6.07, 6.45) is 9.49. The molecule has 164 valence electrons. The maximum absolute atomic E-state index is 5.52. The number of fused-ring (bicyclic) bond motifs is 1. The topological polar surface area (TPSA) is 63.2 Å². The standard InChI is InChI=1S/C25H33N5O/c1-2-18(1)23-4-3-19(13-26-23)24-5-6-25(29-28-24)27-22-11-20-15-30(16-21(20)12-22)14-17-7-9-31-10-8-17/h3-6,13,17-18,20-22H,1-2,7-12,14-16H2,(H,27,29)/t20-,21+,22+. The van der Waals surface area contributed by atoms with Gasteiger partial charge in [-0.15, -0.1) is 10.2 Å². The Kier molecular flexibility index (Phi) is 5.36. The van der Waals surface area contributed by atoms with Gasteiger partial charge in [0.2, 0.25) is 0 Å². The van der Waals surface area contributed by atoms with Crippen LogP contribution in [0.25, 0.3) is 11.3 Å². The number of pyridine rings is 1. The summed E-state index contributed by atoms with van der Waals surface area (Å²) in [5, 5.41) is 12.6. The summed E-state index contributed by atoms with van der Waals surface area (Å²) in [5.74, 6) is 4.10. The summed E-state index contributed by atoms with van der Waals surface area (Å²) in [6, 6.07) is 8.93. The number of ether oxygens (including phenoxy) is 1. The van der Waals surface area contributed by atoms with Crippen LogP contribution in [0, 0.1) is 17.8 Å². The minimum Gasteiger partial charge on any atom is -0.381 e. The maximum atomic E-state index is 5.52. The van der Waals surface area contributed by atoms with Gasteiger partial charge in [0.05, 0.1) is 5.69 Å². The zero-order valence-electron chi connectivity index (χ0n) is 18.2. The Hall–Kier alpha value is -2.05. The molecule has 2 aliphatic heterocycles. The molecule has 2 aromatic rings. The van der Waals surface area contributed by atoms with Crippen LogP contribution in [0.1, 0.15) is 50.1 Å². The third-order valence-corrected chi connectivity index (χ3v) is 7.78.